The van der Waals surface area contributed by atoms with Crippen LogP contribution < -0.4 is 0 Å². The molecule has 0 spiro atoms. The summed E-state index contributed by atoms with van der Waals surface area (Å²) in [5, 5.41) is 0. The quantitative estimate of drug-likeness (QED) is 0.107. The molecular formula is C29H60O9. The molecule has 0 radical (unpaired) electrons. The Hall–Kier alpha value is -0.360. The molecule has 9 nitrogen and oxygen atoms in total. The van der Waals surface area contributed by atoms with E-state index in [1.165, 1.54) is 32.1 Å². The highest BCUT2D eigenvalue weighted by molar-refractivity contribution is 4.46. The van der Waals surface area contributed by atoms with Gasteiger partial charge in [0.25, 0.3) is 0 Å². The van der Waals surface area contributed by atoms with Crippen molar-refractivity contribution in [2.75, 3.05) is 119 Å². The molecule has 0 bridgehead atoms. The number of ether oxygens (including phenoxy) is 9. The van der Waals surface area contributed by atoms with Gasteiger partial charge in [0.2, 0.25) is 0 Å². The summed E-state index contributed by atoms with van der Waals surface area (Å²) in [5.41, 5.74) is 0. The summed E-state index contributed by atoms with van der Waals surface area (Å²) >= 11 is 0. The first-order valence-electron chi connectivity index (χ1n) is 15.0. The van der Waals surface area contributed by atoms with Crippen LogP contribution in [0, 0.1) is 5.92 Å². The summed E-state index contributed by atoms with van der Waals surface area (Å²) in [6.07, 6.45) is 8.86. The molecule has 0 fully saturated rings. The van der Waals surface area contributed by atoms with Crippen molar-refractivity contribution in [1.82, 2.24) is 0 Å². The van der Waals surface area contributed by atoms with Crippen LogP contribution in [0.2, 0.25) is 0 Å². The lowest BCUT2D eigenvalue weighted by molar-refractivity contribution is -0.0255. The molecule has 1 atom stereocenters. The van der Waals surface area contributed by atoms with Gasteiger partial charge in [-0.15, -0.1) is 0 Å². The second-order valence-electron chi connectivity index (χ2n) is 9.26. The number of hydrogen-bond donors (Lipinski definition) is 0. The Bertz CT molecular complexity index is 416. The van der Waals surface area contributed by atoms with E-state index >= 15 is 0 Å². The second-order valence-corrected chi connectivity index (χ2v) is 9.26. The highest BCUT2D eigenvalue weighted by Crippen LogP contribution is 2.04. The Kier molecular flexibility index (Phi) is 34.3. The fraction of sp³-hybridized carbons (Fsp3) is 1.00. The van der Waals surface area contributed by atoms with Crippen LogP contribution in [-0.2, 0) is 42.6 Å². The largest absolute Gasteiger partial charge is 0.379 e. The second kappa shape index (κ2) is 34.7. The summed E-state index contributed by atoms with van der Waals surface area (Å²) in [6.45, 7) is 17.4. The van der Waals surface area contributed by atoms with Crippen molar-refractivity contribution in [2.45, 2.75) is 65.7 Å². The van der Waals surface area contributed by atoms with Crippen molar-refractivity contribution in [3.05, 3.63) is 0 Å². The van der Waals surface area contributed by atoms with E-state index in [0.29, 0.717) is 112 Å². The van der Waals surface area contributed by atoms with Gasteiger partial charge in [-0.3, -0.25) is 0 Å². The first-order chi connectivity index (χ1) is 18.8. The van der Waals surface area contributed by atoms with E-state index in [9.17, 15) is 0 Å². The van der Waals surface area contributed by atoms with E-state index in [1.54, 1.807) is 0 Å². The van der Waals surface area contributed by atoms with Crippen molar-refractivity contribution in [3.63, 3.8) is 0 Å². The molecular weight excluding hydrogens is 492 g/mol. The van der Waals surface area contributed by atoms with Gasteiger partial charge in [0.15, 0.2) is 0 Å². The first-order valence-corrected chi connectivity index (χ1v) is 15.0. The van der Waals surface area contributed by atoms with E-state index in [1.807, 2.05) is 0 Å². The summed E-state index contributed by atoms with van der Waals surface area (Å²) in [4.78, 5) is 0. The van der Waals surface area contributed by atoms with Crippen LogP contribution in [0.4, 0.5) is 0 Å². The predicted octanol–water partition coefficient (Wildman–Crippen LogP) is 4.54. The van der Waals surface area contributed by atoms with Gasteiger partial charge in [-0.2, -0.15) is 0 Å². The standard InChI is InChI=1S/C29H60O9/c1-4-6-7-8-9-10-11-30-12-13-31-14-15-32-16-17-33-18-19-34-20-21-35-22-23-36-24-25-37-26-27-38-28-29(3)5-2/h29H,4-28H2,1-3H3. The van der Waals surface area contributed by atoms with Gasteiger partial charge in [-0.25, -0.2) is 0 Å². The minimum absolute atomic E-state index is 0.541. The molecule has 9 heteroatoms. The molecule has 0 aromatic heterocycles. The Balaban J connectivity index is 3.03. The van der Waals surface area contributed by atoms with Crippen molar-refractivity contribution in [2.24, 2.45) is 5.92 Å². The maximum Gasteiger partial charge on any atom is 0.0701 e. The molecule has 0 heterocycles. The van der Waals surface area contributed by atoms with Gasteiger partial charge in [0.05, 0.1) is 106 Å². The molecule has 0 N–H and O–H groups in total. The van der Waals surface area contributed by atoms with Gasteiger partial charge in [0.1, 0.15) is 0 Å². The molecule has 0 saturated heterocycles. The average Bonchev–Trinajstić information content (AvgIpc) is 2.93. The molecule has 0 amide bonds. The van der Waals surface area contributed by atoms with Crippen LogP contribution in [0.15, 0.2) is 0 Å². The van der Waals surface area contributed by atoms with Crippen molar-refractivity contribution >= 4 is 0 Å². The minimum atomic E-state index is 0.541. The molecule has 0 aliphatic heterocycles. The molecule has 0 rings (SSSR count). The van der Waals surface area contributed by atoms with E-state index in [4.69, 9.17) is 42.6 Å². The van der Waals surface area contributed by atoms with E-state index < -0.39 is 0 Å². The maximum absolute atomic E-state index is 5.58. The van der Waals surface area contributed by atoms with Crippen molar-refractivity contribution in [3.8, 4) is 0 Å². The lowest BCUT2D eigenvalue weighted by atomic mass is 10.1. The zero-order valence-electron chi connectivity index (χ0n) is 24.9. The SMILES string of the molecule is CCCCCCCCOCCOCCOCCOCCOCCOCCOCCOCCOCC(C)CC. The first kappa shape index (κ1) is 37.6. The highest BCUT2D eigenvalue weighted by Gasteiger charge is 1.98. The minimum Gasteiger partial charge on any atom is -0.379 e. The van der Waals surface area contributed by atoms with Gasteiger partial charge >= 0.3 is 0 Å². The number of hydrogen-bond acceptors (Lipinski definition) is 9. The van der Waals surface area contributed by atoms with Crippen LogP contribution in [0.25, 0.3) is 0 Å². The van der Waals surface area contributed by atoms with Gasteiger partial charge < -0.3 is 42.6 Å². The van der Waals surface area contributed by atoms with E-state index in [0.717, 1.165) is 26.1 Å². The third-order valence-electron chi connectivity index (χ3n) is 5.72. The molecule has 0 aliphatic rings. The fourth-order valence-corrected chi connectivity index (χ4v) is 3.15. The Morgan fingerprint density at radius 2 is 0.632 bits per heavy atom. The summed E-state index contributed by atoms with van der Waals surface area (Å²) in [7, 11) is 0. The normalized spacial score (nSPS) is 12.4. The summed E-state index contributed by atoms with van der Waals surface area (Å²) in [6, 6.07) is 0. The van der Waals surface area contributed by atoms with Crippen molar-refractivity contribution < 1.29 is 42.6 Å². The zero-order chi connectivity index (χ0) is 27.6. The topological polar surface area (TPSA) is 83.1 Å². The molecule has 0 aliphatic carbocycles. The van der Waals surface area contributed by atoms with Crippen molar-refractivity contribution in [1.29, 1.82) is 0 Å². The Morgan fingerprint density at radius 1 is 0.342 bits per heavy atom. The molecule has 38 heavy (non-hydrogen) atoms. The highest BCUT2D eigenvalue weighted by atomic mass is 16.6. The monoisotopic (exact) mass is 552 g/mol. The molecule has 230 valence electrons. The number of unbranched alkanes of at least 4 members (excludes halogenated alkanes) is 5. The maximum atomic E-state index is 5.58. The molecule has 0 aromatic rings. The third-order valence-corrected chi connectivity index (χ3v) is 5.72. The molecule has 0 aromatic carbocycles. The van der Waals surface area contributed by atoms with Crippen LogP contribution >= 0.6 is 0 Å². The molecule has 1 unspecified atom stereocenters. The predicted molar refractivity (Wildman–Crippen MR) is 150 cm³/mol. The summed E-state index contributed by atoms with van der Waals surface area (Å²) in [5.74, 6) is 0.606. The lowest BCUT2D eigenvalue weighted by Crippen LogP contribution is -2.15. The molecule has 0 saturated carbocycles. The average molecular weight is 553 g/mol. The third kappa shape index (κ3) is 33.7. The summed E-state index contributed by atoms with van der Waals surface area (Å²) < 4.78 is 49.5. The van der Waals surface area contributed by atoms with Gasteiger partial charge in [0, 0.05) is 13.2 Å². The fourth-order valence-electron chi connectivity index (χ4n) is 3.15. The number of rotatable bonds is 34. The van der Waals surface area contributed by atoms with Crippen LogP contribution in [0.5, 0.6) is 0 Å². The van der Waals surface area contributed by atoms with Gasteiger partial charge in [-0.1, -0.05) is 59.3 Å². The van der Waals surface area contributed by atoms with Crippen LogP contribution in [0.1, 0.15) is 65.7 Å². The zero-order valence-corrected chi connectivity index (χ0v) is 24.9. The smallest absolute Gasteiger partial charge is 0.0701 e. The van der Waals surface area contributed by atoms with Crippen LogP contribution in [-0.4, -0.2) is 119 Å². The van der Waals surface area contributed by atoms with E-state index in [2.05, 4.69) is 20.8 Å². The van der Waals surface area contributed by atoms with E-state index in [-0.39, 0.29) is 0 Å². The van der Waals surface area contributed by atoms with Crippen LogP contribution in [0.3, 0.4) is 0 Å². The Morgan fingerprint density at radius 3 is 0.974 bits per heavy atom. The van der Waals surface area contributed by atoms with Gasteiger partial charge in [-0.05, 0) is 12.3 Å². The lowest BCUT2D eigenvalue weighted by Gasteiger charge is -2.10. The Labute approximate surface area is 233 Å².